The van der Waals surface area contributed by atoms with Crippen LogP contribution in [0.25, 0.3) is 0 Å². The Morgan fingerprint density at radius 1 is 1.03 bits per heavy atom. The third kappa shape index (κ3) is 6.48. The van der Waals surface area contributed by atoms with Crippen molar-refractivity contribution in [1.29, 1.82) is 0 Å². The molecule has 0 fully saturated rings. The predicted octanol–water partition coefficient (Wildman–Crippen LogP) is 5.48. The number of nitrogens with zero attached hydrogens (tertiary/aromatic N) is 1. The Morgan fingerprint density at radius 2 is 1.73 bits per heavy atom. The Bertz CT molecular complexity index is 914. The van der Waals surface area contributed by atoms with Crippen LogP contribution < -0.4 is 5.32 Å². The summed E-state index contributed by atoms with van der Waals surface area (Å²) in [6.07, 6.45) is 1.05. The second kappa shape index (κ2) is 10.8. The lowest BCUT2D eigenvalue weighted by molar-refractivity contribution is -0.140. The summed E-state index contributed by atoms with van der Waals surface area (Å²) in [7, 11) is 0. The van der Waals surface area contributed by atoms with Gasteiger partial charge in [0.1, 0.15) is 6.04 Å². The van der Waals surface area contributed by atoms with Crippen LogP contribution in [-0.4, -0.2) is 28.8 Å². The fourth-order valence-electron chi connectivity index (χ4n) is 3.14. The summed E-state index contributed by atoms with van der Waals surface area (Å²) in [6.45, 7) is 9.99. The van der Waals surface area contributed by atoms with Crippen LogP contribution in [-0.2, 0) is 22.6 Å². The van der Waals surface area contributed by atoms with E-state index >= 15 is 0 Å². The van der Waals surface area contributed by atoms with Gasteiger partial charge in [-0.1, -0.05) is 60.0 Å². The van der Waals surface area contributed by atoms with Crippen molar-refractivity contribution in [2.45, 2.75) is 66.1 Å². The maximum atomic E-state index is 13.3. The molecular formula is C24H30Cl2N2O2. The van der Waals surface area contributed by atoms with Crippen LogP contribution in [0.5, 0.6) is 0 Å². The molecule has 2 aromatic carbocycles. The second-order valence-corrected chi connectivity index (χ2v) is 8.69. The van der Waals surface area contributed by atoms with Gasteiger partial charge in [0.15, 0.2) is 0 Å². The summed E-state index contributed by atoms with van der Waals surface area (Å²) >= 11 is 12.2. The molecule has 30 heavy (non-hydrogen) atoms. The number of carbonyl (C=O) groups is 2. The Balaban J connectivity index is 2.30. The van der Waals surface area contributed by atoms with Gasteiger partial charge in [0.2, 0.25) is 11.8 Å². The number of hydrogen-bond acceptors (Lipinski definition) is 2. The van der Waals surface area contributed by atoms with Crippen molar-refractivity contribution in [3.63, 3.8) is 0 Å². The van der Waals surface area contributed by atoms with E-state index in [-0.39, 0.29) is 30.8 Å². The maximum Gasteiger partial charge on any atom is 0.242 e. The van der Waals surface area contributed by atoms with Crippen molar-refractivity contribution >= 4 is 35.0 Å². The van der Waals surface area contributed by atoms with E-state index in [0.29, 0.717) is 10.0 Å². The van der Waals surface area contributed by atoms with Gasteiger partial charge in [0.25, 0.3) is 0 Å². The molecule has 0 saturated heterocycles. The Labute approximate surface area is 189 Å². The smallest absolute Gasteiger partial charge is 0.242 e. The summed E-state index contributed by atoms with van der Waals surface area (Å²) in [4.78, 5) is 27.7. The Hall–Kier alpha value is -2.04. The topological polar surface area (TPSA) is 49.4 Å². The first-order chi connectivity index (χ1) is 14.1. The second-order valence-electron chi connectivity index (χ2n) is 7.87. The molecule has 2 amide bonds. The van der Waals surface area contributed by atoms with Crippen LogP contribution in [0.4, 0.5) is 0 Å². The average molecular weight is 449 g/mol. The van der Waals surface area contributed by atoms with Crippen molar-refractivity contribution in [3.05, 3.63) is 68.7 Å². The normalized spacial score (nSPS) is 12.9. The van der Waals surface area contributed by atoms with Crippen LogP contribution in [0.15, 0.2) is 36.4 Å². The van der Waals surface area contributed by atoms with E-state index in [1.165, 1.54) is 0 Å². The minimum Gasteiger partial charge on any atom is -0.352 e. The molecule has 0 aliphatic carbocycles. The molecule has 0 spiro atoms. The molecule has 2 aromatic rings. The third-order valence-electron chi connectivity index (χ3n) is 5.35. The molecule has 0 unspecified atom stereocenters. The summed E-state index contributed by atoms with van der Waals surface area (Å²) in [5, 5.41) is 3.85. The highest BCUT2D eigenvalue weighted by Gasteiger charge is 2.27. The number of amides is 2. The van der Waals surface area contributed by atoms with E-state index < -0.39 is 6.04 Å². The highest BCUT2D eigenvalue weighted by molar-refractivity contribution is 6.42. The minimum atomic E-state index is -0.619. The van der Waals surface area contributed by atoms with Gasteiger partial charge in [-0.2, -0.15) is 0 Å². The first-order valence-corrected chi connectivity index (χ1v) is 11.0. The van der Waals surface area contributed by atoms with E-state index in [1.807, 2.05) is 52.0 Å². The molecule has 162 valence electrons. The first kappa shape index (κ1) is 24.2. The van der Waals surface area contributed by atoms with Crippen molar-refractivity contribution in [1.82, 2.24) is 10.2 Å². The average Bonchev–Trinajstić information content (AvgIpc) is 2.70. The van der Waals surface area contributed by atoms with E-state index in [0.717, 1.165) is 28.7 Å². The zero-order chi connectivity index (χ0) is 22.4. The SMILES string of the molecule is CC[C@H](C)NC(=O)[C@H](C)N(Cc1ccc(Cl)c(Cl)c1)C(=O)Cc1cc(C)ccc1C. The maximum absolute atomic E-state index is 13.3. The molecule has 0 radical (unpaired) electrons. The van der Waals surface area contributed by atoms with Gasteiger partial charge in [0, 0.05) is 12.6 Å². The Morgan fingerprint density at radius 3 is 2.37 bits per heavy atom. The van der Waals surface area contributed by atoms with Crippen LogP contribution in [0.2, 0.25) is 10.0 Å². The molecule has 0 aliphatic heterocycles. The fourth-order valence-corrected chi connectivity index (χ4v) is 3.46. The third-order valence-corrected chi connectivity index (χ3v) is 6.09. The van der Waals surface area contributed by atoms with Crippen LogP contribution in [0.3, 0.4) is 0 Å². The first-order valence-electron chi connectivity index (χ1n) is 10.2. The molecule has 4 nitrogen and oxygen atoms in total. The van der Waals surface area contributed by atoms with Crippen LogP contribution in [0, 0.1) is 13.8 Å². The number of rotatable bonds is 8. The summed E-state index contributed by atoms with van der Waals surface area (Å²) in [6, 6.07) is 10.8. The zero-order valence-electron chi connectivity index (χ0n) is 18.3. The van der Waals surface area contributed by atoms with E-state index in [2.05, 4.69) is 5.32 Å². The lowest BCUT2D eigenvalue weighted by Gasteiger charge is -2.30. The fraction of sp³-hybridized carbons (Fsp3) is 0.417. The molecule has 2 rings (SSSR count). The highest BCUT2D eigenvalue weighted by Crippen LogP contribution is 2.24. The molecule has 6 heteroatoms. The number of aryl methyl sites for hydroxylation is 2. The Kier molecular flexibility index (Phi) is 8.75. The standard InChI is InChI=1S/C24H30Cl2N2O2/c1-6-17(4)27-24(30)18(5)28(14-19-9-10-21(25)22(26)12-19)23(29)13-20-11-15(2)7-8-16(20)3/h7-12,17-18H,6,13-14H2,1-5H3,(H,27,30)/t17-,18-/m0/s1. The molecule has 0 bridgehead atoms. The predicted molar refractivity (Wildman–Crippen MR) is 124 cm³/mol. The van der Waals surface area contributed by atoms with E-state index in [9.17, 15) is 9.59 Å². The van der Waals surface area contributed by atoms with Crippen molar-refractivity contribution < 1.29 is 9.59 Å². The summed E-state index contributed by atoms with van der Waals surface area (Å²) in [5.41, 5.74) is 3.94. The number of benzene rings is 2. The number of carbonyl (C=O) groups excluding carboxylic acids is 2. The number of halogens is 2. The van der Waals surface area contributed by atoms with Crippen LogP contribution >= 0.6 is 23.2 Å². The van der Waals surface area contributed by atoms with E-state index in [1.54, 1.807) is 24.0 Å². The monoisotopic (exact) mass is 448 g/mol. The lowest BCUT2D eigenvalue weighted by Crippen LogP contribution is -2.49. The molecule has 0 aliphatic rings. The molecule has 1 N–H and O–H groups in total. The quantitative estimate of drug-likeness (QED) is 0.580. The molecular weight excluding hydrogens is 419 g/mol. The largest absolute Gasteiger partial charge is 0.352 e. The van der Waals surface area contributed by atoms with Gasteiger partial charge in [0.05, 0.1) is 16.5 Å². The van der Waals surface area contributed by atoms with Gasteiger partial charge in [-0.05, 0) is 62.9 Å². The van der Waals surface area contributed by atoms with Crippen LogP contribution in [0.1, 0.15) is 49.4 Å². The lowest BCUT2D eigenvalue weighted by atomic mass is 10.0. The van der Waals surface area contributed by atoms with Gasteiger partial charge < -0.3 is 10.2 Å². The van der Waals surface area contributed by atoms with Gasteiger partial charge in [-0.3, -0.25) is 9.59 Å². The minimum absolute atomic E-state index is 0.0425. The van der Waals surface area contributed by atoms with E-state index in [4.69, 9.17) is 23.2 Å². The van der Waals surface area contributed by atoms with Crippen molar-refractivity contribution in [2.75, 3.05) is 0 Å². The van der Waals surface area contributed by atoms with Gasteiger partial charge >= 0.3 is 0 Å². The zero-order valence-corrected chi connectivity index (χ0v) is 19.8. The number of hydrogen-bond donors (Lipinski definition) is 1. The van der Waals surface area contributed by atoms with Crippen molar-refractivity contribution in [3.8, 4) is 0 Å². The number of nitrogens with one attached hydrogen (secondary N) is 1. The molecule has 0 heterocycles. The van der Waals surface area contributed by atoms with Crippen molar-refractivity contribution in [2.24, 2.45) is 0 Å². The van der Waals surface area contributed by atoms with Gasteiger partial charge in [-0.25, -0.2) is 0 Å². The molecule has 0 aromatic heterocycles. The summed E-state index contributed by atoms with van der Waals surface area (Å²) < 4.78 is 0. The van der Waals surface area contributed by atoms with Gasteiger partial charge in [-0.15, -0.1) is 0 Å². The molecule has 2 atom stereocenters. The highest BCUT2D eigenvalue weighted by atomic mass is 35.5. The molecule has 0 saturated carbocycles. The summed E-state index contributed by atoms with van der Waals surface area (Å²) in [5.74, 6) is -0.278.